The van der Waals surface area contributed by atoms with E-state index in [1.165, 1.54) is 0 Å². The molecule has 3 unspecified atom stereocenters. The van der Waals surface area contributed by atoms with Crippen molar-refractivity contribution in [2.75, 3.05) is 31.2 Å². The molecule has 4 aliphatic rings. The Labute approximate surface area is 287 Å². The summed E-state index contributed by atoms with van der Waals surface area (Å²) in [7, 11) is 0. The molecular formula is C36H50BrN3O5S. The third-order valence-corrected chi connectivity index (χ3v) is 14.0. The lowest BCUT2D eigenvalue weighted by molar-refractivity contribution is -0.148. The summed E-state index contributed by atoms with van der Waals surface area (Å²) >= 11 is 5.57. The van der Waals surface area contributed by atoms with Crippen LogP contribution in [0.4, 0.5) is 5.69 Å². The number of alkyl halides is 1. The first-order chi connectivity index (χ1) is 22.2. The standard InChI is InChI=1S/C36H50BrN3O5S/c1-6-19-38(25-15-17-26(18-16-25)45-9-4)33(42)29-30-34(43)40(28(22-41)23(5)8-3)32(36(30)21-27(37)31(29)46-36)35(44)39(20-7-2)24-13-11-10-12-14-24/h6-7,15-18,23-24,27-32,41H,1-2,8-14,19-22H2,3-5H3/t23-,27?,28-,29-,30-,31-,32?,36?/m0/s1. The molecule has 3 amide bonds. The van der Waals surface area contributed by atoms with Crippen molar-refractivity contribution < 1.29 is 24.2 Å². The lowest BCUT2D eigenvalue weighted by Gasteiger charge is -2.43. The van der Waals surface area contributed by atoms with Crippen molar-refractivity contribution in [3.63, 3.8) is 0 Å². The second kappa shape index (κ2) is 14.9. The molecule has 2 bridgehead atoms. The number of ether oxygens (including phenoxy) is 1. The topological polar surface area (TPSA) is 90.4 Å². The lowest BCUT2D eigenvalue weighted by atomic mass is 9.70. The Hall–Kier alpha value is -2.30. The number of anilines is 1. The Bertz CT molecular complexity index is 1290. The zero-order valence-corrected chi connectivity index (χ0v) is 29.9. The molecule has 3 aliphatic heterocycles. The number of hydrogen-bond acceptors (Lipinski definition) is 6. The largest absolute Gasteiger partial charge is 0.494 e. The van der Waals surface area contributed by atoms with Crippen molar-refractivity contribution in [2.45, 2.75) is 98.7 Å². The van der Waals surface area contributed by atoms with Crippen LogP contribution in [-0.4, -0.2) is 91.9 Å². The number of thioether (sulfide) groups is 1. The molecule has 1 spiro atoms. The molecule has 1 aromatic carbocycles. The van der Waals surface area contributed by atoms with E-state index in [2.05, 4.69) is 29.1 Å². The van der Waals surface area contributed by atoms with Crippen LogP contribution in [0, 0.1) is 17.8 Å². The number of nitrogens with zero attached hydrogens (tertiary/aromatic N) is 3. The van der Waals surface area contributed by atoms with Crippen LogP contribution in [0.15, 0.2) is 49.6 Å². The Morgan fingerprint density at radius 2 is 1.80 bits per heavy atom. The van der Waals surface area contributed by atoms with E-state index in [9.17, 15) is 14.7 Å². The second-order valence-corrected chi connectivity index (χ2v) is 16.0. The molecule has 8 atom stereocenters. The highest BCUT2D eigenvalue weighted by Crippen LogP contribution is 2.68. The van der Waals surface area contributed by atoms with Crippen molar-refractivity contribution >= 4 is 51.1 Å². The second-order valence-electron chi connectivity index (χ2n) is 13.3. The zero-order valence-electron chi connectivity index (χ0n) is 27.5. The maximum Gasteiger partial charge on any atom is 0.247 e. The van der Waals surface area contributed by atoms with Crippen LogP contribution in [0.1, 0.15) is 65.7 Å². The molecule has 10 heteroatoms. The highest BCUT2D eigenvalue weighted by atomic mass is 79.9. The smallest absolute Gasteiger partial charge is 0.247 e. The molecule has 1 aliphatic carbocycles. The molecule has 3 saturated heterocycles. The average molecular weight is 717 g/mol. The summed E-state index contributed by atoms with van der Waals surface area (Å²) in [5, 5.41) is 10.6. The van der Waals surface area contributed by atoms with Gasteiger partial charge in [-0.2, -0.15) is 0 Å². The molecule has 1 aromatic rings. The summed E-state index contributed by atoms with van der Waals surface area (Å²) in [5.74, 6) is -1.02. The number of amides is 3. The van der Waals surface area contributed by atoms with E-state index < -0.39 is 28.7 Å². The highest BCUT2D eigenvalue weighted by Gasteiger charge is 2.76. The van der Waals surface area contributed by atoms with Crippen LogP contribution >= 0.6 is 27.7 Å². The lowest BCUT2D eigenvalue weighted by Crippen LogP contribution is -2.60. The molecule has 3 heterocycles. The number of fused-ring (bicyclic) bond motifs is 1. The number of halogens is 1. The van der Waals surface area contributed by atoms with Gasteiger partial charge in [-0.3, -0.25) is 14.4 Å². The summed E-state index contributed by atoms with van der Waals surface area (Å²) in [6.45, 7) is 14.9. The first-order valence-electron chi connectivity index (χ1n) is 17.0. The van der Waals surface area contributed by atoms with Gasteiger partial charge in [0.15, 0.2) is 0 Å². The van der Waals surface area contributed by atoms with Gasteiger partial charge in [0.1, 0.15) is 11.8 Å². The number of rotatable bonds is 14. The molecule has 0 radical (unpaired) electrons. The fraction of sp³-hybridized carbons (Fsp3) is 0.639. The number of likely N-dealkylation sites (tertiary alicyclic amines) is 1. The monoisotopic (exact) mass is 715 g/mol. The molecular weight excluding hydrogens is 666 g/mol. The highest BCUT2D eigenvalue weighted by molar-refractivity contribution is 9.09. The van der Waals surface area contributed by atoms with Gasteiger partial charge in [0.05, 0.1) is 35.8 Å². The Morgan fingerprint density at radius 1 is 1.13 bits per heavy atom. The first kappa shape index (κ1) is 35.0. The van der Waals surface area contributed by atoms with Crippen molar-refractivity contribution in [3.05, 3.63) is 49.6 Å². The Balaban J connectivity index is 1.58. The van der Waals surface area contributed by atoms with Crippen LogP contribution in [0.25, 0.3) is 0 Å². The van der Waals surface area contributed by atoms with Crippen molar-refractivity contribution in [1.82, 2.24) is 9.80 Å². The maximum absolute atomic E-state index is 15.0. The van der Waals surface area contributed by atoms with E-state index in [4.69, 9.17) is 4.74 Å². The number of aliphatic hydroxyl groups is 1. The van der Waals surface area contributed by atoms with Gasteiger partial charge < -0.3 is 24.5 Å². The number of carbonyl (C=O) groups excluding carboxylic acids is 3. The van der Waals surface area contributed by atoms with Gasteiger partial charge in [-0.05, 0) is 56.4 Å². The normalized spacial score (nSPS) is 30.1. The summed E-state index contributed by atoms with van der Waals surface area (Å²) in [6, 6.07) is 6.22. The van der Waals surface area contributed by atoms with Crippen LogP contribution in [0.3, 0.4) is 0 Å². The molecule has 0 aromatic heterocycles. The summed E-state index contributed by atoms with van der Waals surface area (Å²) in [4.78, 5) is 50.0. The summed E-state index contributed by atoms with van der Waals surface area (Å²) in [6.07, 6.45) is 10.00. The van der Waals surface area contributed by atoms with Gasteiger partial charge in [-0.1, -0.05) is 67.6 Å². The maximum atomic E-state index is 15.0. The van der Waals surface area contributed by atoms with E-state index in [0.717, 1.165) is 44.3 Å². The zero-order chi connectivity index (χ0) is 33.2. The van der Waals surface area contributed by atoms with E-state index in [1.807, 2.05) is 49.9 Å². The Kier molecular flexibility index (Phi) is 11.3. The summed E-state index contributed by atoms with van der Waals surface area (Å²) < 4.78 is 4.84. The molecule has 1 N–H and O–H groups in total. The van der Waals surface area contributed by atoms with Crippen molar-refractivity contribution in [1.29, 1.82) is 0 Å². The van der Waals surface area contributed by atoms with Crippen molar-refractivity contribution in [2.24, 2.45) is 17.8 Å². The fourth-order valence-corrected chi connectivity index (χ4v) is 12.0. The fourth-order valence-electron chi connectivity index (χ4n) is 8.43. The number of aliphatic hydroxyl groups excluding tert-OH is 1. The SMILES string of the molecule is C=CCN(C(=O)[C@H]1[C@H]2C(=O)N([C@@H](CO)[C@@H](C)CC)C(C(=O)N(CC=C)C3CCCCC3)C23CC(Br)[C@@H]1S3)c1ccc(OCC)cc1. The van der Waals surface area contributed by atoms with Gasteiger partial charge in [0, 0.05) is 34.9 Å². The number of benzene rings is 1. The minimum atomic E-state index is -0.791. The van der Waals surface area contributed by atoms with E-state index in [-0.39, 0.29) is 52.9 Å². The molecule has 4 fully saturated rings. The van der Waals surface area contributed by atoms with Gasteiger partial charge in [0.2, 0.25) is 17.7 Å². The van der Waals surface area contributed by atoms with Crippen LogP contribution in [0.5, 0.6) is 5.75 Å². The van der Waals surface area contributed by atoms with Crippen LogP contribution < -0.4 is 9.64 Å². The number of carbonyl (C=O) groups is 3. The van der Waals surface area contributed by atoms with Gasteiger partial charge >= 0.3 is 0 Å². The predicted octanol–water partition coefficient (Wildman–Crippen LogP) is 5.82. The van der Waals surface area contributed by atoms with E-state index >= 15 is 4.79 Å². The number of hydrogen-bond donors (Lipinski definition) is 1. The minimum Gasteiger partial charge on any atom is -0.494 e. The third-order valence-electron chi connectivity index (χ3n) is 10.8. The van der Waals surface area contributed by atoms with Gasteiger partial charge in [-0.15, -0.1) is 24.9 Å². The van der Waals surface area contributed by atoms with Gasteiger partial charge in [0.25, 0.3) is 0 Å². The molecule has 8 nitrogen and oxygen atoms in total. The Morgan fingerprint density at radius 3 is 2.39 bits per heavy atom. The van der Waals surface area contributed by atoms with Crippen molar-refractivity contribution in [3.8, 4) is 5.75 Å². The van der Waals surface area contributed by atoms with Crippen LogP contribution in [-0.2, 0) is 14.4 Å². The average Bonchev–Trinajstić information content (AvgIpc) is 3.66. The summed E-state index contributed by atoms with van der Waals surface area (Å²) in [5.41, 5.74) is 0.707. The van der Waals surface area contributed by atoms with E-state index in [0.29, 0.717) is 25.3 Å². The molecule has 46 heavy (non-hydrogen) atoms. The quantitative estimate of drug-likeness (QED) is 0.193. The third kappa shape index (κ3) is 6.07. The van der Waals surface area contributed by atoms with E-state index in [1.54, 1.807) is 33.7 Å². The first-order valence-corrected chi connectivity index (χ1v) is 18.8. The molecule has 5 rings (SSSR count). The molecule has 252 valence electrons. The van der Waals surface area contributed by atoms with Gasteiger partial charge in [-0.25, -0.2) is 0 Å². The van der Waals surface area contributed by atoms with Crippen LogP contribution in [0.2, 0.25) is 0 Å². The predicted molar refractivity (Wildman–Crippen MR) is 188 cm³/mol. The minimum absolute atomic E-state index is 0.0285. The molecule has 1 saturated carbocycles.